The van der Waals surface area contributed by atoms with E-state index in [1.165, 1.54) is 0 Å². The summed E-state index contributed by atoms with van der Waals surface area (Å²) in [6, 6.07) is 0. The van der Waals surface area contributed by atoms with Gasteiger partial charge >= 0.3 is 0 Å². The molecule has 7 heavy (non-hydrogen) atoms. The van der Waals surface area contributed by atoms with E-state index in [2.05, 4.69) is 0 Å². The standard InChI is InChI=1S/C4H10N2O.H2/c1-6(2)3-4(5)7;/h3H2,1-2H3,(H2,5,7);1H. The first-order valence-electron chi connectivity index (χ1n) is 2.06. The zero-order chi connectivity index (χ0) is 5.86. The molecule has 0 aromatic rings. The van der Waals surface area contributed by atoms with E-state index < -0.39 is 0 Å². The largest absolute Gasteiger partial charge is 0.369 e. The van der Waals surface area contributed by atoms with Gasteiger partial charge in [0.1, 0.15) is 0 Å². The van der Waals surface area contributed by atoms with Crippen molar-refractivity contribution < 1.29 is 6.22 Å². The van der Waals surface area contributed by atoms with Gasteiger partial charge in [-0.05, 0) is 14.1 Å². The maximum absolute atomic E-state index is 9.99. The van der Waals surface area contributed by atoms with Crippen molar-refractivity contribution in [1.82, 2.24) is 4.90 Å². The number of nitrogens with zero attached hydrogens (tertiary/aromatic N) is 1. The van der Waals surface area contributed by atoms with Crippen molar-refractivity contribution in [1.29, 1.82) is 0 Å². The van der Waals surface area contributed by atoms with Gasteiger partial charge in [0.15, 0.2) is 0 Å². The predicted molar refractivity (Wildman–Crippen MR) is 29.9 cm³/mol. The van der Waals surface area contributed by atoms with E-state index >= 15 is 0 Å². The summed E-state index contributed by atoms with van der Waals surface area (Å²) in [5.41, 5.74) is 4.81. The third-order valence-corrected chi connectivity index (χ3v) is 0.472. The van der Waals surface area contributed by atoms with Gasteiger partial charge in [-0.3, -0.25) is 4.79 Å². The van der Waals surface area contributed by atoms with Crippen LogP contribution >= 0.6 is 0 Å². The first kappa shape index (κ1) is 6.43. The molecule has 3 heteroatoms. The minimum atomic E-state index is -0.287. The molecule has 0 fully saturated rings. The average Bonchev–Trinajstić information content (AvgIpc) is 1.27. The molecule has 0 aromatic carbocycles. The molecule has 0 aliphatic carbocycles. The van der Waals surface area contributed by atoms with E-state index in [-0.39, 0.29) is 7.33 Å². The molecule has 0 saturated carbocycles. The number of nitrogens with two attached hydrogens (primary N) is 1. The van der Waals surface area contributed by atoms with Crippen LogP contribution in [-0.2, 0) is 4.79 Å². The molecule has 44 valence electrons. The van der Waals surface area contributed by atoms with Crippen LogP contribution in [0.3, 0.4) is 0 Å². The quantitative estimate of drug-likeness (QED) is 0.502. The van der Waals surface area contributed by atoms with Gasteiger partial charge in [-0.25, -0.2) is 0 Å². The Labute approximate surface area is 44.6 Å². The molecule has 0 radical (unpaired) electrons. The summed E-state index contributed by atoms with van der Waals surface area (Å²) in [5.74, 6) is -0.287. The Morgan fingerprint density at radius 3 is 2.29 bits per heavy atom. The van der Waals surface area contributed by atoms with Crippen LogP contribution in [0.5, 0.6) is 0 Å². The second-order valence-corrected chi connectivity index (χ2v) is 1.70. The van der Waals surface area contributed by atoms with Crippen molar-refractivity contribution in [2.24, 2.45) is 5.73 Å². The fraction of sp³-hybridized carbons (Fsp3) is 0.750. The van der Waals surface area contributed by atoms with E-state index in [1.807, 2.05) is 0 Å². The summed E-state index contributed by atoms with van der Waals surface area (Å²) < 4.78 is 0. The van der Waals surface area contributed by atoms with Crippen LogP contribution in [0.2, 0.25) is 0 Å². The van der Waals surface area contributed by atoms with Gasteiger partial charge in [0.25, 0.3) is 0 Å². The van der Waals surface area contributed by atoms with Crippen LogP contribution in [0.1, 0.15) is 1.43 Å². The minimum absolute atomic E-state index is 0. The lowest BCUT2D eigenvalue weighted by molar-refractivity contribution is -0.118. The molecular weight excluding hydrogens is 92.1 g/mol. The second kappa shape index (κ2) is 2.58. The molecule has 0 aliphatic rings. The fourth-order valence-electron chi connectivity index (χ4n) is 0.312. The zero-order valence-corrected chi connectivity index (χ0v) is 4.64. The van der Waals surface area contributed by atoms with E-state index in [0.29, 0.717) is 6.54 Å². The molecule has 0 aliphatic heterocycles. The fourth-order valence-corrected chi connectivity index (χ4v) is 0.312. The molecule has 0 unspecified atom stereocenters. The first-order chi connectivity index (χ1) is 3.13. The van der Waals surface area contributed by atoms with Crippen LogP contribution in [0.15, 0.2) is 0 Å². The normalized spacial score (nSPS) is 9.57. The molecule has 0 atom stereocenters. The molecule has 2 N–H and O–H groups in total. The van der Waals surface area contributed by atoms with Gasteiger partial charge in [-0.1, -0.05) is 0 Å². The highest BCUT2D eigenvalue weighted by molar-refractivity contribution is 5.75. The maximum atomic E-state index is 9.99. The number of hydrogen-bond donors (Lipinski definition) is 1. The van der Waals surface area contributed by atoms with Crippen molar-refractivity contribution in [2.75, 3.05) is 20.6 Å². The Kier molecular flexibility index (Phi) is 2.37. The Bertz CT molecular complexity index is 74.4. The number of amides is 1. The monoisotopic (exact) mass is 104 g/mol. The van der Waals surface area contributed by atoms with E-state index in [1.54, 1.807) is 19.0 Å². The van der Waals surface area contributed by atoms with Gasteiger partial charge in [0.2, 0.25) is 5.91 Å². The van der Waals surface area contributed by atoms with E-state index in [0.717, 1.165) is 0 Å². The predicted octanol–water partition coefficient (Wildman–Crippen LogP) is -0.721. The summed E-state index contributed by atoms with van der Waals surface area (Å²) in [4.78, 5) is 11.7. The van der Waals surface area contributed by atoms with Crippen LogP contribution < -0.4 is 5.73 Å². The molecule has 1 amide bonds. The molecule has 3 nitrogen and oxygen atoms in total. The van der Waals surface area contributed by atoms with Crippen LogP contribution in [0, 0.1) is 0 Å². The average molecular weight is 104 g/mol. The Morgan fingerprint density at radius 2 is 2.29 bits per heavy atom. The second-order valence-electron chi connectivity index (χ2n) is 1.70. The number of rotatable bonds is 2. The van der Waals surface area contributed by atoms with Gasteiger partial charge in [0.05, 0.1) is 6.54 Å². The topological polar surface area (TPSA) is 46.3 Å². The number of carbonyl (C=O) groups excluding carboxylic acids is 1. The lowest BCUT2D eigenvalue weighted by Crippen LogP contribution is -2.27. The Balaban J connectivity index is 0. The Morgan fingerprint density at radius 1 is 1.86 bits per heavy atom. The highest BCUT2D eigenvalue weighted by atomic mass is 16.1. The van der Waals surface area contributed by atoms with Crippen molar-refractivity contribution in [3.05, 3.63) is 0 Å². The molecule has 0 bridgehead atoms. The first-order valence-corrected chi connectivity index (χ1v) is 2.06. The summed E-state index contributed by atoms with van der Waals surface area (Å²) in [6.07, 6.45) is 0. The number of likely N-dealkylation sites (N-methyl/N-ethyl adjacent to an activating group) is 1. The molecule has 0 saturated heterocycles. The van der Waals surface area contributed by atoms with E-state index in [4.69, 9.17) is 5.73 Å². The summed E-state index contributed by atoms with van der Waals surface area (Å²) in [5, 5.41) is 0. The molecule has 0 rings (SSSR count). The van der Waals surface area contributed by atoms with Crippen molar-refractivity contribution >= 4 is 5.91 Å². The molecule has 0 spiro atoms. The van der Waals surface area contributed by atoms with Crippen molar-refractivity contribution in [3.63, 3.8) is 0 Å². The number of primary amides is 1. The van der Waals surface area contributed by atoms with Crippen molar-refractivity contribution in [3.8, 4) is 0 Å². The highest BCUT2D eigenvalue weighted by Crippen LogP contribution is 1.67. The highest BCUT2D eigenvalue weighted by Gasteiger charge is 1.92. The number of carbonyl (C=O) groups is 1. The van der Waals surface area contributed by atoms with Gasteiger partial charge in [-0.15, -0.1) is 0 Å². The third kappa shape index (κ3) is 5.43. The summed E-state index contributed by atoms with van der Waals surface area (Å²) >= 11 is 0. The third-order valence-electron chi connectivity index (χ3n) is 0.472. The molecule has 0 heterocycles. The molecule has 0 aromatic heterocycles. The minimum Gasteiger partial charge on any atom is -0.369 e. The smallest absolute Gasteiger partial charge is 0.231 e. The van der Waals surface area contributed by atoms with Crippen molar-refractivity contribution in [2.45, 2.75) is 0 Å². The van der Waals surface area contributed by atoms with Crippen LogP contribution in [0.25, 0.3) is 0 Å². The van der Waals surface area contributed by atoms with Gasteiger partial charge in [0, 0.05) is 1.43 Å². The molecular formula is C4H12N2O. The zero-order valence-electron chi connectivity index (χ0n) is 4.64. The van der Waals surface area contributed by atoms with E-state index in [9.17, 15) is 4.79 Å². The lowest BCUT2D eigenvalue weighted by atomic mass is 10.6. The lowest BCUT2D eigenvalue weighted by Gasteiger charge is -2.02. The van der Waals surface area contributed by atoms with Crippen LogP contribution in [0.4, 0.5) is 0 Å². The summed E-state index contributed by atoms with van der Waals surface area (Å²) in [7, 11) is 3.59. The summed E-state index contributed by atoms with van der Waals surface area (Å²) in [6.45, 7) is 0.333. The van der Waals surface area contributed by atoms with Gasteiger partial charge in [-0.2, -0.15) is 0 Å². The number of hydrogen-bond acceptors (Lipinski definition) is 2. The SMILES string of the molecule is CN(C)CC(N)=O.[HH]. The maximum Gasteiger partial charge on any atom is 0.231 e. The Hall–Kier alpha value is -0.570. The van der Waals surface area contributed by atoms with Gasteiger partial charge < -0.3 is 10.6 Å². The van der Waals surface area contributed by atoms with Crippen LogP contribution in [-0.4, -0.2) is 31.4 Å².